The highest BCUT2D eigenvalue weighted by Gasteiger charge is 2.11. The number of hydrogen-bond acceptors (Lipinski definition) is 3. The highest BCUT2D eigenvalue weighted by atomic mass is 35.5. The molecule has 2 amide bonds. The van der Waals surface area contributed by atoms with Gasteiger partial charge in [0.1, 0.15) is 0 Å². The number of rotatable bonds is 5. The number of carbonyl (C=O) groups excluding carboxylic acids is 2. The summed E-state index contributed by atoms with van der Waals surface area (Å²) in [4.78, 5) is 28.5. The first kappa shape index (κ1) is 17.6. The first-order valence-electron chi connectivity index (χ1n) is 7.96. The molecule has 1 heterocycles. The van der Waals surface area contributed by atoms with Gasteiger partial charge in [-0.1, -0.05) is 35.9 Å². The second kappa shape index (κ2) is 8.27. The maximum absolute atomic E-state index is 12.3. The molecule has 5 nitrogen and oxygen atoms in total. The second-order valence-corrected chi connectivity index (χ2v) is 6.03. The lowest BCUT2D eigenvalue weighted by Crippen LogP contribution is -2.18. The van der Waals surface area contributed by atoms with Crippen molar-refractivity contribution in [1.82, 2.24) is 4.98 Å². The summed E-state index contributed by atoms with van der Waals surface area (Å²) in [5, 5.41) is 6.24. The van der Waals surface area contributed by atoms with Crippen molar-refractivity contribution >= 4 is 34.8 Å². The zero-order chi connectivity index (χ0) is 18.4. The van der Waals surface area contributed by atoms with E-state index in [1.165, 1.54) is 6.20 Å². The monoisotopic (exact) mass is 365 g/mol. The number of pyridine rings is 1. The van der Waals surface area contributed by atoms with Crippen LogP contribution in [-0.2, 0) is 11.2 Å². The Morgan fingerprint density at radius 2 is 1.58 bits per heavy atom. The predicted octanol–water partition coefficient (Wildman–Crippen LogP) is 4.17. The number of aromatic nitrogens is 1. The molecule has 2 N–H and O–H groups in total. The van der Waals surface area contributed by atoms with Crippen LogP contribution >= 0.6 is 11.6 Å². The highest BCUT2D eigenvalue weighted by molar-refractivity contribution is 6.30. The maximum atomic E-state index is 12.3. The molecular formula is C20H16ClN3O2. The summed E-state index contributed by atoms with van der Waals surface area (Å²) >= 11 is 5.85. The summed E-state index contributed by atoms with van der Waals surface area (Å²) in [6.45, 7) is 0. The lowest BCUT2D eigenvalue weighted by atomic mass is 10.1. The first-order valence-corrected chi connectivity index (χ1v) is 8.34. The third-order valence-electron chi connectivity index (χ3n) is 3.65. The molecule has 0 saturated carbocycles. The summed E-state index contributed by atoms with van der Waals surface area (Å²) in [7, 11) is 0. The van der Waals surface area contributed by atoms with Crippen molar-refractivity contribution in [3.63, 3.8) is 0 Å². The van der Waals surface area contributed by atoms with Crippen molar-refractivity contribution in [2.24, 2.45) is 0 Å². The molecule has 3 rings (SSSR count). The number of nitrogens with zero attached hydrogens (tertiary/aromatic N) is 1. The number of anilines is 2. The van der Waals surface area contributed by atoms with Crippen molar-refractivity contribution in [2.45, 2.75) is 6.42 Å². The molecule has 0 fully saturated rings. The van der Waals surface area contributed by atoms with E-state index in [4.69, 9.17) is 11.6 Å². The van der Waals surface area contributed by atoms with E-state index in [2.05, 4.69) is 15.6 Å². The van der Waals surface area contributed by atoms with Crippen LogP contribution in [0.4, 0.5) is 11.4 Å². The van der Waals surface area contributed by atoms with Crippen LogP contribution in [0.15, 0.2) is 73.1 Å². The van der Waals surface area contributed by atoms with E-state index >= 15 is 0 Å². The van der Waals surface area contributed by atoms with Crippen molar-refractivity contribution in [3.8, 4) is 0 Å². The lowest BCUT2D eigenvalue weighted by Gasteiger charge is -2.12. The number of para-hydroxylation sites is 2. The highest BCUT2D eigenvalue weighted by Crippen LogP contribution is 2.22. The van der Waals surface area contributed by atoms with Gasteiger partial charge < -0.3 is 10.6 Å². The summed E-state index contributed by atoms with van der Waals surface area (Å²) in [6, 6.07) is 17.5. The molecule has 1 aromatic heterocycles. The smallest absolute Gasteiger partial charge is 0.257 e. The van der Waals surface area contributed by atoms with Gasteiger partial charge in [-0.15, -0.1) is 0 Å². The van der Waals surface area contributed by atoms with E-state index in [1.54, 1.807) is 66.9 Å². The molecule has 0 aliphatic rings. The standard InChI is InChI=1S/C20H16ClN3O2/c21-16-9-7-14(8-10-16)12-19(25)23-17-5-1-2-6-18(17)24-20(26)15-4-3-11-22-13-15/h1-11,13H,12H2,(H,23,25)(H,24,26). The number of benzene rings is 2. The first-order chi connectivity index (χ1) is 12.6. The van der Waals surface area contributed by atoms with E-state index < -0.39 is 0 Å². The van der Waals surface area contributed by atoms with Gasteiger partial charge in [0, 0.05) is 17.4 Å². The Bertz CT molecular complexity index is 912. The van der Waals surface area contributed by atoms with Gasteiger partial charge in [-0.3, -0.25) is 14.6 Å². The number of carbonyl (C=O) groups is 2. The number of amides is 2. The number of hydrogen-bond donors (Lipinski definition) is 2. The minimum atomic E-state index is -0.294. The Balaban J connectivity index is 1.69. The largest absolute Gasteiger partial charge is 0.324 e. The van der Waals surface area contributed by atoms with Crippen LogP contribution in [0.5, 0.6) is 0 Å². The molecule has 0 bridgehead atoms. The van der Waals surface area contributed by atoms with Gasteiger partial charge in [0.15, 0.2) is 0 Å². The fraction of sp³-hybridized carbons (Fsp3) is 0.0500. The maximum Gasteiger partial charge on any atom is 0.257 e. The van der Waals surface area contributed by atoms with Gasteiger partial charge in [-0.25, -0.2) is 0 Å². The Morgan fingerprint density at radius 1 is 0.885 bits per heavy atom. The summed E-state index contributed by atoms with van der Waals surface area (Å²) in [5.41, 5.74) is 2.34. The molecule has 3 aromatic rings. The molecule has 0 saturated heterocycles. The summed E-state index contributed by atoms with van der Waals surface area (Å²) in [5.74, 6) is -0.479. The van der Waals surface area contributed by atoms with Crippen LogP contribution in [0, 0.1) is 0 Å². The van der Waals surface area contributed by atoms with E-state index in [0.29, 0.717) is 22.0 Å². The van der Waals surface area contributed by atoms with Crippen LogP contribution in [0.25, 0.3) is 0 Å². The van der Waals surface area contributed by atoms with E-state index in [1.807, 2.05) is 0 Å². The van der Waals surface area contributed by atoms with Crippen LogP contribution in [0.2, 0.25) is 5.02 Å². The van der Waals surface area contributed by atoms with Gasteiger partial charge in [0.05, 0.1) is 23.4 Å². The molecule has 0 aliphatic heterocycles. The minimum absolute atomic E-state index is 0.185. The number of nitrogens with one attached hydrogen (secondary N) is 2. The molecule has 6 heteroatoms. The Labute approximate surface area is 156 Å². The molecule has 130 valence electrons. The number of halogens is 1. The molecule has 2 aromatic carbocycles. The van der Waals surface area contributed by atoms with Crippen LogP contribution in [0.1, 0.15) is 15.9 Å². The lowest BCUT2D eigenvalue weighted by molar-refractivity contribution is -0.115. The molecule has 0 spiro atoms. The Hall–Kier alpha value is -3.18. The molecule has 26 heavy (non-hydrogen) atoms. The van der Waals surface area contributed by atoms with Gasteiger partial charge in [-0.2, -0.15) is 0 Å². The average Bonchev–Trinajstić information content (AvgIpc) is 2.66. The van der Waals surface area contributed by atoms with Crippen LogP contribution in [-0.4, -0.2) is 16.8 Å². The second-order valence-electron chi connectivity index (χ2n) is 5.59. The molecule has 0 radical (unpaired) electrons. The van der Waals surface area contributed by atoms with Gasteiger partial charge in [-0.05, 0) is 42.0 Å². The zero-order valence-electron chi connectivity index (χ0n) is 13.8. The third-order valence-corrected chi connectivity index (χ3v) is 3.90. The third kappa shape index (κ3) is 4.68. The molecular weight excluding hydrogens is 350 g/mol. The predicted molar refractivity (Wildman–Crippen MR) is 102 cm³/mol. The quantitative estimate of drug-likeness (QED) is 0.712. The van der Waals surface area contributed by atoms with Gasteiger partial charge >= 0.3 is 0 Å². The minimum Gasteiger partial charge on any atom is -0.324 e. The van der Waals surface area contributed by atoms with Crippen molar-refractivity contribution in [2.75, 3.05) is 10.6 Å². The van der Waals surface area contributed by atoms with Crippen LogP contribution < -0.4 is 10.6 Å². The molecule has 0 aliphatic carbocycles. The molecule has 0 unspecified atom stereocenters. The van der Waals surface area contributed by atoms with Crippen molar-refractivity contribution < 1.29 is 9.59 Å². The topological polar surface area (TPSA) is 71.1 Å². The molecule has 0 atom stereocenters. The average molecular weight is 366 g/mol. The van der Waals surface area contributed by atoms with Gasteiger partial charge in [0.2, 0.25) is 5.91 Å². The van der Waals surface area contributed by atoms with E-state index in [9.17, 15) is 9.59 Å². The SMILES string of the molecule is O=C(Cc1ccc(Cl)cc1)Nc1ccccc1NC(=O)c1cccnc1. The fourth-order valence-corrected chi connectivity index (χ4v) is 2.50. The Morgan fingerprint density at radius 3 is 2.23 bits per heavy atom. The van der Waals surface area contributed by atoms with E-state index in [-0.39, 0.29) is 18.2 Å². The fourth-order valence-electron chi connectivity index (χ4n) is 2.37. The van der Waals surface area contributed by atoms with E-state index in [0.717, 1.165) is 5.56 Å². The van der Waals surface area contributed by atoms with Crippen molar-refractivity contribution in [1.29, 1.82) is 0 Å². The summed E-state index contributed by atoms with van der Waals surface area (Å²) in [6.07, 6.45) is 3.29. The van der Waals surface area contributed by atoms with Crippen molar-refractivity contribution in [3.05, 3.63) is 89.2 Å². The normalized spacial score (nSPS) is 10.2. The van der Waals surface area contributed by atoms with Crippen LogP contribution in [0.3, 0.4) is 0 Å². The van der Waals surface area contributed by atoms with Gasteiger partial charge in [0.25, 0.3) is 5.91 Å². The zero-order valence-corrected chi connectivity index (χ0v) is 14.5. The summed E-state index contributed by atoms with van der Waals surface area (Å²) < 4.78 is 0. The Kier molecular flexibility index (Phi) is 5.61.